The van der Waals surface area contributed by atoms with Crippen molar-refractivity contribution in [2.45, 2.75) is 13.3 Å². The average molecular weight is 313 g/mol. The molecule has 0 spiro atoms. The topological polar surface area (TPSA) is 70.2 Å². The molecule has 6 nitrogen and oxygen atoms in total. The summed E-state index contributed by atoms with van der Waals surface area (Å²) in [5, 5.41) is 6.04. The lowest BCUT2D eigenvalue weighted by Crippen LogP contribution is -2.27. The van der Waals surface area contributed by atoms with Crippen LogP contribution in [0.2, 0.25) is 0 Å². The lowest BCUT2D eigenvalue weighted by molar-refractivity contribution is 0.0947. The SMILES string of the molecule is Cc1ccccc1Nc1cnc(C(=O)NCCCN(C)C)cn1. The van der Waals surface area contributed by atoms with E-state index in [1.807, 2.05) is 45.3 Å². The standard InChI is InChI=1S/C17H23N5O/c1-13-7-4-5-8-14(13)21-16-12-19-15(11-20-16)17(23)18-9-6-10-22(2)3/h4-5,7-8,11-12H,6,9-10H2,1-3H3,(H,18,23)(H,20,21). The molecule has 1 aromatic carbocycles. The first-order chi connectivity index (χ1) is 11.1. The van der Waals surface area contributed by atoms with Gasteiger partial charge in [-0.1, -0.05) is 18.2 Å². The molecule has 0 atom stereocenters. The number of benzene rings is 1. The van der Waals surface area contributed by atoms with Crippen molar-refractivity contribution in [1.82, 2.24) is 20.2 Å². The number of carbonyl (C=O) groups is 1. The van der Waals surface area contributed by atoms with E-state index in [-0.39, 0.29) is 5.91 Å². The molecule has 23 heavy (non-hydrogen) atoms. The quantitative estimate of drug-likeness (QED) is 0.767. The van der Waals surface area contributed by atoms with E-state index in [4.69, 9.17) is 0 Å². The van der Waals surface area contributed by atoms with Gasteiger partial charge in [-0.3, -0.25) is 4.79 Å². The second kappa shape index (κ2) is 8.24. The van der Waals surface area contributed by atoms with E-state index < -0.39 is 0 Å². The first-order valence-electron chi connectivity index (χ1n) is 7.64. The molecule has 1 amide bonds. The van der Waals surface area contributed by atoms with Crippen LogP contribution in [0.5, 0.6) is 0 Å². The van der Waals surface area contributed by atoms with Gasteiger partial charge in [0.25, 0.3) is 5.91 Å². The second-order valence-electron chi connectivity index (χ2n) is 5.64. The third kappa shape index (κ3) is 5.34. The molecular weight excluding hydrogens is 290 g/mol. The molecule has 2 rings (SSSR count). The molecule has 0 bridgehead atoms. The van der Waals surface area contributed by atoms with Crippen LogP contribution in [0.4, 0.5) is 11.5 Å². The van der Waals surface area contributed by atoms with Crippen LogP contribution in [-0.4, -0.2) is 48.0 Å². The van der Waals surface area contributed by atoms with Gasteiger partial charge < -0.3 is 15.5 Å². The molecule has 122 valence electrons. The van der Waals surface area contributed by atoms with Crippen molar-refractivity contribution < 1.29 is 4.79 Å². The van der Waals surface area contributed by atoms with Crippen molar-refractivity contribution >= 4 is 17.4 Å². The van der Waals surface area contributed by atoms with Crippen LogP contribution in [0.25, 0.3) is 0 Å². The van der Waals surface area contributed by atoms with E-state index in [1.54, 1.807) is 6.20 Å². The highest BCUT2D eigenvalue weighted by Gasteiger charge is 2.07. The highest BCUT2D eigenvalue weighted by molar-refractivity contribution is 5.92. The minimum absolute atomic E-state index is 0.196. The molecule has 2 aromatic rings. The third-order valence-electron chi connectivity index (χ3n) is 3.36. The Morgan fingerprint density at radius 3 is 2.61 bits per heavy atom. The lowest BCUT2D eigenvalue weighted by Gasteiger charge is -2.10. The molecule has 0 saturated heterocycles. The van der Waals surface area contributed by atoms with Gasteiger partial charge in [0.15, 0.2) is 0 Å². The van der Waals surface area contributed by atoms with Gasteiger partial charge in [-0.25, -0.2) is 9.97 Å². The Hall–Kier alpha value is -2.47. The summed E-state index contributed by atoms with van der Waals surface area (Å²) >= 11 is 0. The Morgan fingerprint density at radius 2 is 1.96 bits per heavy atom. The summed E-state index contributed by atoms with van der Waals surface area (Å²) in [6, 6.07) is 7.93. The normalized spacial score (nSPS) is 10.6. The molecule has 2 N–H and O–H groups in total. The van der Waals surface area contributed by atoms with Crippen LogP contribution in [0.1, 0.15) is 22.5 Å². The van der Waals surface area contributed by atoms with Crippen LogP contribution >= 0.6 is 0 Å². The number of amides is 1. The molecule has 0 fully saturated rings. The van der Waals surface area contributed by atoms with Crippen LogP contribution in [-0.2, 0) is 0 Å². The first kappa shape index (κ1) is 16.9. The Morgan fingerprint density at radius 1 is 1.17 bits per heavy atom. The highest BCUT2D eigenvalue weighted by atomic mass is 16.1. The molecule has 6 heteroatoms. The molecule has 0 radical (unpaired) electrons. The van der Waals surface area contributed by atoms with E-state index in [0.29, 0.717) is 18.1 Å². The number of para-hydroxylation sites is 1. The zero-order valence-electron chi connectivity index (χ0n) is 13.8. The zero-order chi connectivity index (χ0) is 16.7. The van der Waals surface area contributed by atoms with E-state index in [2.05, 4.69) is 25.5 Å². The minimum Gasteiger partial charge on any atom is -0.351 e. The lowest BCUT2D eigenvalue weighted by atomic mass is 10.2. The summed E-state index contributed by atoms with van der Waals surface area (Å²) in [5.41, 5.74) is 2.42. The number of nitrogens with zero attached hydrogens (tertiary/aromatic N) is 3. The number of hydrogen-bond acceptors (Lipinski definition) is 5. The second-order valence-corrected chi connectivity index (χ2v) is 5.64. The smallest absolute Gasteiger partial charge is 0.271 e. The van der Waals surface area contributed by atoms with Gasteiger partial charge >= 0.3 is 0 Å². The van der Waals surface area contributed by atoms with Gasteiger partial charge in [0.1, 0.15) is 11.5 Å². The monoisotopic (exact) mass is 313 g/mol. The fraction of sp³-hybridized carbons (Fsp3) is 0.353. The number of nitrogens with one attached hydrogen (secondary N) is 2. The maximum absolute atomic E-state index is 12.0. The van der Waals surface area contributed by atoms with Gasteiger partial charge in [0.05, 0.1) is 12.4 Å². The van der Waals surface area contributed by atoms with E-state index in [0.717, 1.165) is 24.2 Å². The summed E-state index contributed by atoms with van der Waals surface area (Å²) in [4.78, 5) is 22.5. The van der Waals surface area contributed by atoms with Gasteiger partial charge in [-0.05, 0) is 45.6 Å². The summed E-state index contributed by atoms with van der Waals surface area (Å²) in [6.07, 6.45) is 3.96. The average Bonchev–Trinajstić information content (AvgIpc) is 2.54. The van der Waals surface area contributed by atoms with Gasteiger partial charge in [0.2, 0.25) is 0 Å². The zero-order valence-corrected chi connectivity index (χ0v) is 13.8. The van der Waals surface area contributed by atoms with Crippen molar-refractivity contribution in [2.24, 2.45) is 0 Å². The Kier molecular flexibility index (Phi) is 6.05. The largest absolute Gasteiger partial charge is 0.351 e. The fourth-order valence-corrected chi connectivity index (χ4v) is 2.05. The van der Waals surface area contributed by atoms with Crippen molar-refractivity contribution in [3.63, 3.8) is 0 Å². The molecule has 0 aliphatic carbocycles. The number of anilines is 2. The Labute approximate surface area is 137 Å². The van der Waals surface area contributed by atoms with E-state index in [9.17, 15) is 4.79 Å². The first-order valence-corrected chi connectivity index (χ1v) is 7.64. The molecule has 1 aromatic heterocycles. The van der Waals surface area contributed by atoms with E-state index >= 15 is 0 Å². The molecule has 0 unspecified atom stereocenters. The van der Waals surface area contributed by atoms with Crippen molar-refractivity contribution in [1.29, 1.82) is 0 Å². The predicted octanol–water partition coefficient (Wildman–Crippen LogP) is 2.21. The summed E-state index contributed by atoms with van der Waals surface area (Å²) in [5.74, 6) is 0.419. The number of hydrogen-bond donors (Lipinski definition) is 2. The maximum Gasteiger partial charge on any atom is 0.271 e. The predicted molar refractivity (Wildman–Crippen MR) is 92.0 cm³/mol. The number of aromatic nitrogens is 2. The summed E-state index contributed by atoms with van der Waals surface area (Å²) in [7, 11) is 4.01. The molecule has 0 aliphatic rings. The van der Waals surface area contributed by atoms with Crippen LogP contribution in [0.3, 0.4) is 0 Å². The Balaban J connectivity index is 1.89. The number of rotatable bonds is 7. The van der Waals surface area contributed by atoms with Gasteiger partial charge in [-0.15, -0.1) is 0 Å². The molecule has 0 saturated carbocycles. The van der Waals surface area contributed by atoms with Gasteiger partial charge in [0, 0.05) is 12.2 Å². The van der Waals surface area contributed by atoms with Crippen LogP contribution in [0, 0.1) is 6.92 Å². The minimum atomic E-state index is -0.196. The molecule has 1 heterocycles. The maximum atomic E-state index is 12.0. The van der Waals surface area contributed by atoms with Gasteiger partial charge in [-0.2, -0.15) is 0 Å². The van der Waals surface area contributed by atoms with Crippen molar-refractivity contribution in [3.05, 3.63) is 47.9 Å². The summed E-state index contributed by atoms with van der Waals surface area (Å²) in [6.45, 7) is 3.58. The Bertz CT molecular complexity index is 640. The van der Waals surface area contributed by atoms with Crippen molar-refractivity contribution in [2.75, 3.05) is 32.5 Å². The third-order valence-corrected chi connectivity index (χ3v) is 3.36. The molecule has 0 aliphatic heterocycles. The van der Waals surface area contributed by atoms with Crippen LogP contribution in [0.15, 0.2) is 36.7 Å². The van der Waals surface area contributed by atoms with E-state index in [1.165, 1.54) is 6.20 Å². The van der Waals surface area contributed by atoms with Crippen molar-refractivity contribution in [3.8, 4) is 0 Å². The fourth-order valence-electron chi connectivity index (χ4n) is 2.05. The summed E-state index contributed by atoms with van der Waals surface area (Å²) < 4.78 is 0. The number of aryl methyl sites for hydroxylation is 1. The molecular formula is C17H23N5O. The number of carbonyl (C=O) groups excluding carboxylic acids is 1. The highest BCUT2D eigenvalue weighted by Crippen LogP contribution is 2.17. The van der Waals surface area contributed by atoms with Crippen LogP contribution < -0.4 is 10.6 Å².